The lowest BCUT2D eigenvalue weighted by Crippen LogP contribution is -2.50. The van der Waals surface area contributed by atoms with E-state index in [0.717, 1.165) is 57.3 Å². The van der Waals surface area contributed by atoms with E-state index in [1.54, 1.807) is 12.1 Å². The molecular formula is C28H32N2O5. The molecular weight excluding hydrogens is 444 g/mol. The molecule has 0 bridgehead atoms. The summed E-state index contributed by atoms with van der Waals surface area (Å²) in [6, 6.07) is 15.9. The van der Waals surface area contributed by atoms with Crippen LogP contribution in [-0.2, 0) is 20.9 Å². The molecule has 0 saturated carbocycles. The summed E-state index contributed by atoms with van der Waals surface area (Å²) in [5, 5.41) is 0. The summed E-state index contributed by atoms with van der Waals surface area (Å²) >= 11 is 0. The van der Waals surface area contributed by atoms with E-state index in [2.05, 4.69) is 34.6 Å². The van der Waals surface area contributed by atoms with Gasteiger partial charge in [0.2, 0.25) is 0 Å². The highest BCUT2D eigenvalue weighted by Crippen LogP contribution is 2.40. The molecule has 1 N–H and O–H groups in total. The van der Waals surface area contributed by atoms with Gasteiger partial charge in [0, 0.05) is 51.6 Å². The van der Waals surface area contributed by atoms with Crippen molar-refractivity contribution in [3.63, 3.8) is 0 Å². The number of nitrogens with one attached hydrogen (secondary N) is 1. The van der Waals surface area contributed by atoms with Crippen LogP contribution in [0.3, 0.4) is 0 Å². The van der Waals surface area contributed by atoms with E-state index < -0.39 is 5.60 Å². The Bertz CT molecular complexity index is 1070. The molecule has 3 heterocycles. The molecule has 1 spiro atoms. The monoisotopic (exact) mass is 476 g/mol. The summed E-state index contributed by atoms with van der Waals surface area (Å²) in [5.41, 5.74) is 4.67. The van der Waals surface area contributed by atoms with Crippen LogP contribution in [0.2, 0.25) is 0 Å². The Hall–Kier alpha value is -3.00. The number of hydrogen-bond donors (Lipinski definition) is 1. The zero-order valence-electron chi connectivity index (χ0n) is 19.9. The topological polar surface area (TPSA) is 77.1 Å². The number of fused-ring (bicyclic) bond motifs is 1. The quantitative estimate of drug-likeness (QED) is 0.496. The number of carbonyl (C=O) groups is 2. The van der Waals surface area contributed by atoms with Crippen LogP contribution in [0.15, 0.2) is 54.6 Å². The molecule has 0 aliphatic carbocycles. The number of Topliss-reactive ketones (excluding diaryl/α,β-unsaturated/α-hetero) is 1. The number of ketones is 1. The Labute approximate surface area is 206 Å². The molecule has 2 saturated heterocycles. The lowest BCUT2D eigenvalue weighted by Gasteiger charge is -2.44. The highest BCUT2D eigenvalue weighted by molar-refractivity contribution is 6.01. The molecule has 3 aliphatic heterocycles. The van der Waals surface area contributed by atoms with E-state index in [1.807, 2.05) is 18.2 Å². The van der Waals surface area contributed by atoms with Crippen LogP contribution in [0.25, 0.3) is 6.08 Å². The zero-order chi connectivity index (χ0) is 24.1. The van der Waals surface area contributed by atoms with Gasteiger partial charge in [-0.2, -0.15) is 0 Å². The molecule has 2 aromatic rings. The Morgan fingerprint density at radius 1 is 1.14 bits per heavy atom. The fraction of sp³-hybridized carbons (Fsp3) is 0.429. The number of benzene rings is 2. The second-order valence-corrected chi connectivity index (χ2v) is 9.62. The summed E-state index contributed by atoms with van der Waals surface area (Å²) in [7, 11) is 0. The van der Waals surface area contributed by atoms with E-state index in [4.69, 9.17) is 14.3 Å². The number of hydrogen-bond acceptors (Lipinski definition) is 6. The first-order valence-corrected chi connectivity index (χ1v) is 12.5. The van der Waals surface area contributed by atoms with Gasteiger partial charge in [-0.1, -0.05) is 36.4 Å². The smallest absolute Gasteiger partial charge is 0.267 e. The molecule has 2 fully saturated rings. The third-order valence-corrected chi connectivity index (χ3v) is 6.99. The van der Waals surface area contributed by atoms with Crippen molar-refractivity contribution in [2.75, 3.05) is 19.7 Å². The average molecular weight is 477 g/mol. The lowest BCUT2D eigenvalue weighted by atomic mass is 9.82. The molecule has 1 amide bonds. The molecule has 184 valence electrons. The summed E-state index contributed by atoms with van der Waals surface area (Å²) < 4.78 is 11.9. The number of ether oxygens (including phenoxy) is 2. The SMILES string of the molecule is O=C(C=Cc1ccc2c(c1)OC1(CCN(Cc3ccccc3)CC1)CC2=O)NOC1CCCCO1. The Morgan fingerprint density at radius 2 is 1.97 bits per heavy atom. The summed E-state index contributed by atoms with van der Waals surface area (Å²) in [6.45, 7) is 3.34. The fourth-order valence-electron chi connectivity index (χ4n) is 4.99. The molecule has 0 aromatic heterocycles. The molecule has 5 rings (SSSR count). The van der Waals surface area contributed by atoms with E-state index in [-0.39, 0.29) is 18.0 Å². The van der Waals surface area contributed by atoms with Crippen molar-refractivity contribution >= 4 is 17.8 Å². The second-order valence-electron chi connectivity index (χ2n) is 9.62. The number of rotatable bonds is 6. The second kappa shape index (κ2) is 10.7. The average Bonchev–Trinajstić information content (AvgIpc) is 2.89. The van der Waals surface area contributed by atoms with Gasteiger partial charge >= 0.3 is 0 Å². The largest absolute Gasteiger partial charge is 0.486 e. The normalized spacial score (nSPS) is 22.1. The van der Waals surface area contributed by atoms with Crippen LogP contribution < -0.4 is 10.2 Å². The van der Waals surface area contributed by atoms with Gasteiger partial charge in [0.1, 0.15) is 11.4 Å². The number of hydroxylamine groups is 1. The van der Waals surface area contributed by atoms with Crippen molar-refractivity contribution in [3.05, 3.63) is 71.3 Å². The number of nitrogens with zero attached hydrogens (tertiary/aromatic N) is 1. The number of carbonyl (C=O) groups excluding carboxylic acids is 2. The Balaban J connectivity index is 1.18. The molecule has 1 atom stereocenters. The van der Waals surface area contributed by atoms with Crippen LogP contribution in [0.4, 0.5) is 0 Å². The number of piperidine rings is 1. The Kier molecular flexibility index (Phi) is 7.27. The standard InChI is InChI=1S/C28H32N2O5/c31-24-19-28(13-15-30(16-14-28)20-22-6-2-1-3-7-22)34-25-18-21(9-11-23(24)25)10-12-26(32)29-35-27-8-4-5-17-33-27/h1-3,6-7,9-12,18,27H,4-5,8,13-17,19-20H2,(H,29,32). The van der Waals surface area contributed by atoms with Crippen molar-refractivity contribution in [1.29, 1.82) is 0 Å². The van der Waals surface area contributed by atoms with Crippen molar-refractivity contribution < 1.29 is 23.9 Å². The minimum absolute atomic E-state index is 0.122. The van der Waals surface area contributed by atoms with Gasteiger partial charge in [-0.25, -0.2) is 10.3 Å². The van der Waals surface area contributed by atoms with Crippen LogP contribution in [0, 0.1) is 0 Å². The first-order valence-electron chi connectivity index (χ1n) is 12.5. The Morgan fingerprint density at radius 3 is 2.74 bits per heavy atom. The first kappa shape index (κ1) is 23.7. The van der Waals surface area contributed by atoms with Gasteiger partial charge < -0.3 is 9.47 Å². The molecule has 1 unspecified atom stereocenters. The minimum Gasteiger partial charge on any atom is -0.486 e. The highest BCUT2D eigenvalue weighted by Gasteiger charge is 2.42. The molecule has 3 aliphatic rings. The van der Waals surface area contributed by atoms with E-state index in [1.165, 1.54) is 11.6 Å². The van der Waals surface area contributed by atoms with Gasteiger partial charge in [-0.15, -0.1) is 0 Å². The molecule has 35 heavy (non-hydrogen) atoms. The summed E-state index contributed by atoms with van der Waals surface area (Å²) in [4.78, 5) is 32.8. The van der Waals surface area contributed by atoms with Crippen LogP contribution >= 0.6 is 0 Å². The number of amides is 1. The molecule has 7 nitrogen and oxygen atoms in total. The molecule has 7 heteroatoms. The fourth-order valence-corrected chi connectivity index (χ4v) is 4.99. The van der Waals surface area contributed by atoms with Crippen molar-refractivity contribution in [1.82, 2.24) is 10.4 Å². The van der Waals surface area contributed by atoms with Gasteiger partial charge in [0.15, 0.2) is 12.1 Å². The highest BCUT2D eigenvalue weighted by atomic mass is 16.8. The van der Waals surface area contributed by atoms with E-state index in [0.29, 0.717) is 24.3 Å². The van der Waals surface area contributed by atoms with Crippen molar-refractivity contribution in [2.45, 2.75) is 57.0 Å². The van der Waals surface area contributed by atoms with Crippen molar-refractivity contribution in [3.8, 4) is 5.75 Å². The van der Waals surface area contributed by atoms with Gasteiger partial charge in [-0.3, -0.25) is 14.5 Å². The number of likely N-dealkylation sites (tertiary alicyclic amines) is 1. The van der Waals surface area contributed by atoms with Crippen LogP contribution in [0.1, 0.15) is 60.0 Å². The maximum absolute atomic E-state index is 12.9. The lowest BCUT2D eigenvalue weighted by molar-refractivity contribution is -0.198. The maximum atomic E-state index is 12.9. The maximum Gasteiger partial charge on any atom is 0.267 e. The molecule has 2 aromatic carbocycles. The van der Waals surface area contributed by atoms with Crippen molar-refractivity contribution in [2.24, 2.45) is 0 Å². The first-order chi connectivity index (χ1) is 17.1. The van der Waals surface area contributed by atoms with Crippen LogP contribution in [-0.4, -0.2) is 48.2 Å². The van der Waals surface area contributed by atoms with E-state index >= 15 is 0 Å². The summed E-state index contributed by atoms with van der Waals surface area (Å²) in [6.07, 6.45) is 7.57. The van der Waals surface area contributed by atoms with Gasteiger partial charge in [-0.05, 0) is 42.2 Å². The van der Waals surface area contributed by atoms with Crippen LogP contribution in [0.5, 0.6) is 5.75 Å². The van der Waals surface area contributed by atoms with Gasteiger partial charge in [0.05, 0.1) is 12.0 Å². The third kappa shape index (κ3) is 5.99. The third-order valence-electron chi connectivity index (χ3n) is 6.99. The predicted octanol–water partition coefficient (Wildman–Crippen LogP) is 4.27. The van der Waals surface area contributed by atoms with Gasteiger partial charge in [0.25, 0.3) is 5.91 Å². The zero-order valence-corrected chi connectivity index (χ0v) is 19.9. The van der Waals surface area contributed by atoms with E-state index in [9.17, 15) is 9.59 Å². The predicted molar refractivity (Wildman–Crippen MR) is 132 cm³/mol. The minimum atomic E-state index is -0.454. The molecule has 0 radical (unpaired) electrons. The summed E-state index contributed by atoms with van der Waals surface area (Å²) in [5.74, 6) is 0.361.